The molecule has 0 aromatic rings. The number of hydrogen-bond donors (Lipinski definition) is 6. The average molecular weight is 824 g/mol. The first kappa shape index (κ1) is 52.9. The van der Waals surface area contributed by atoms with E-state index in [1.807, 2.05) is 0 Å². The van der Waals surface area contributed by atoms with Gasteiger partial charge in [-0.25, -0.2) is 4.57 Å². The fourth-order valence-corrected chi connectivity index (χ4v) is 8.23. The molecule has 1 aliphatic carbocycles. The largest absolute Gasteiger partial charge is 0.472 e. The van der Waals surface area contributed by atoms with E-state index in [0.29, 0.717) is 12.8 Å². The van der Waals surface area contributed by atoms with Gasteiger partial charge in [0.1, 0.15) is 24.9 Å². The van der Waals surface area contributed by atoms with E-state index in [1.54, 1.807) is 0 Å². The molecule has 0 saturated heterocycles. The number of aliphatic hydroxyl groups excluding tert-OH is 4. The first-order valence-electron chi connectivity index (χ1n) is 22.4. The summed E-state index contributed by atoms with van der Waals surface area (Å²) >= 11 is 0. The van der Waals surface area contributed by atoms with Gasteiger partial charge in [0.05, 0.1) is 18.8 Å². The third-order valence-corrected chi connectivity index (χ3v) is 11.9. The third kappa shape index (κ3) is 25.4. The van der Waals surface area contributed by atoms with Crippen molar-refractivity contribution in [2.75, 3.05) is 19.8 Å². The molecule has 0 heterocycles. The number of ether oxygens (including phenoxy) is 2. The van der Waals surface area contributed by atoms with Gasteiger partial charge >= 0.3 is 19.8 Å². The topological polar surface area (TPSA) is 215 Å². The van der Waals surface area contributed by atoms with E-state index in [0.717, 1.165) is 38.5 Å². The number of nitrogens with two attached hydrogens (primary N) is 1. The average Bonchev–Trinajstić information content (AvgIpc) is 3.17. The summed E-state index contributed by atoms with van der Waals surface area (Å²) in [5, 5.41) is 41.2. The Labute approximate surface area is 338 Å². The molecule has 332 valence electrons. The van der Waals surface area contributed by atoms with Crippen LogP contribution in [0.25, 0.3) is 0 Å². The SMILES string of the molecule is CCCCCCCCCCCCCCCC(=O)OC[C@@H](COP(=O)(O)O[C@H]1[C@H](O)[C@@H](O)[C@H](O)[C@@H](CN)[C@H]1O)OC(=O)CCCCCCCCCCCCCCC. The Morgan fingerprint density at radius 1 is 0.554 bits per heavy atom. The molecule has 0 amide bonds. The Balaban J connectivity index is 2.52. The molecule has 1 saturated carbocycles. The van der Waals surface area contributed by atoms with Gasteiger partial charge in [0.25, 0.3) is 0 Å². The number of rotatable bonds is 37. The van der Waals surface area contributed by atoms with Crippen molar-refractivity contribution >= 4 is 19.8 Å². The molecule has 0 aliphatic heterocycles. The van der Waals surface area contributed by atoms with Crippen LogP contribution >= 0.6 is 7.82 Å². The van der Waals surface area contributed by atoms with Crippen molar-refractivity contribution in [3.63, 3.8) is 0 Å². The summed E-state index contributed by atoms with van der Waals surface area (Å²) in [5.41, 5.74) is 5.58. The zero-order valence-corrected chi connectivity index (χ0v) is 36.0. The highest BCUT2D eigenvalue weighted by atomic mass is 31.2. The number of hydrogen-bond acceptors (Lipinski definition) is 12. The van der Waals surface area contributed by atoms with Gasteiger partial charge in [0.15, 0.2) is 6.10 Å². The molecule has 1 rings (SSSR count). The van der Waals surface area contributed by atoms with Crippen molar-refractivity contribution in [3.05, 3.63) is 0 Å². The van der Waals surface area contributed by atoms with Gasteiger partial charge in [-0.2, -0.15) is 0 Å². The van der Waals surface area contributed by atoms with Crippen molar-refractivity contribution < 1.29 is 58.0 Å². The Kier molecular flexibility index (Phi) is 31.8. The standard InChI is InChI=1S/C42H82NO12P/c1-3-5-7-9-11-13-15-17-19-21-23-25-27-29-36(44)52-32-34(54-37(45)30-28-26-24-22-20-18-16-14-12-10-8-6-4-2)33-53-56(50,51)55-42-39(47)35(31-43)38(46)40(48)41(42)49/h34-35,38-42,46-49H,3-33,43H2,1-2H3,(H,50,51)/t34-,35+,38+,39+,40-,41+,42+/m0/s1. The van der Waals surface area contributed by atoms with Crippen LogP contribution in [0.15, 0.2) is 0 Å². The minimum Gasteiger partial charge on any atom is -0.462 e. The van der Waals surface area contributed by atoms with Gasteiger partial charge in [-0.3, -0.25) is 18.6 Å². The normalized spacial score (nSPS) is 22.8. The van der Waals surface area contributed by atoms with Gasteiger partial charge in [-0.1, -0.05) is 168 Å². The van der Waals surface area contributed by atoms with E-state index in [-0.39, 0.29) is 19.4 Å². The van der Waals surface area contributed by atoms with Crippen LogP contribution in [0, 0.1) is 5.92 Å². The van der Waals surface area contributed by atoms with Crippen molar-refractivity contribution in [2.24, 2.45) is 11.7 Å². The van der Waals surface area contributed by atoms with E-state index < -0.39 is 75.5 Å². The number of aliphatic hydroxyl groups is 4. The predicted octanol–water partition coefficient (Wildman–Crippen LogP) is 7.94. The van der Waals surface area contributed by atoms with Crippen molar-refractivity contribution in [1.82, 2.24) is 0 Å². The van der Waals surface area contributed by atoms with E-state index in [4.69, 9.17) is 24.3 Å². The van der Waals surface area contributed by atoms with Crippen LogP contribution in [-0.4, -0.2) is 93.6 Å². The number of carbonyl (C=O) groups excluding carboxylic acids is 2. The molecule has 8 atom stereocenters. The minimum atomic E-state index is -5.04. The summed E-state index contributed by atoms with van der Waals surface area (Å²) in [6, 6.07) is 0. The lowest BCUT2D eigenvalue weighted by molar-refractivity contribution is -0.198. The molecular weight excluding hydrogens is 741 g/mol. The summed E-state index contributed by atoms with van der Waals surface area (Å²) in [6.45, 7) is 3.06. The first-order valence-corrected chi connectivity index (χ1v) is 23.9. The fraction of sp³-hybridized carbons (Fsp3) is 0.952. The lowest BCUT2D eigenvalue weighted by Crippen LogP contribution is -2.63. The zero-order valence-electron chi connectivity index (χ0n) is 35.1. The fourth-order valence-electron chi connectivity index (χ4n) is 7.26. The van der Waals surface area contributed by atoms with E-state index in [1.165, 1.54) is 116 Å². The first-order chi connectivity index (χ1) is 27.0. The maximum atomic E-state index is 12.9. The van der Waals surface area contributed by atoms with Gasteiger partial charge in [-0.15, -0.1) is 0 Å². The molecule has 0 aromatic carbocycles. The van der Waals surface area contributed by atoms with Crippen LogP contribution in [-0.2, 0) is 32.7 Å². The second-order valence-corrected chi connectivity index (χ2v) is 17.4. The van der Waals surface area contributed by atoms with Gasteiger partial charge in [-0.05, 0) is 12.8 Å². The molecule has 1 aliphatic rings. The van der Waals surface area contributed by atoms with Gasteiger partial charge in [0.2, 0.25) is 0 Å². The Morgan fingerprint density at radius 2 is 0.946 bits per heavy atom. The minimum absolute atomic E-state index is 0.121. The predicted molar refractivity (Wildman–Crippen MR) is 219 cm³/mol. The molecule has 1 unspecified atom stereocenters. The number of phosphoric ester groups is 1. The molecule has 0 bridgehead atoms. The maximum Gasteiger partial charge on any atom is 0.472 e. The molecule has 0 aromatic heterocycles. The van der Waals surface area contributed by atoms with Crippen LogP contribution in [0.1, 0.15) is 194 Å². The van der Waals surface area contributed by atoms with Crippen molar-refractivity contribution in [3.8, 4) is 0 Å². The Morgan fingerprint density at radius 3 is 1.36 bits per heavy atom. The maximum absolute atomic E-state index is 12.9. The van der Waals surface area contributed by atoms with Crippen LogP contribution in [0.4, 0.5) is 0 Å². The highest BCUT2D eigenvalue weighted by Gasteiger charge is 2.51. The highest BCUT2D eigenvalue weighted by Crippen LogP contribution is 2.47. The summed E-state index contributed by atoms with van der Waals surface area (Å²) < 4.78 is 33.9. The van der Waals surface area contributed by atoms with E-state index >= 15 is 0 Å². The van der Waals surface area contributed by atoms with E-state index in [9.17, 15) is 39.5 Å². The lowest BCUT2D eigenvalue weighted by atomic mass is 9.78. The van der Waals surface area contributed by atoms with Crippen LogP contribution in [0.5, 0.6) is 0 Å². The smallest absolute Gasteiger partial charge is 0.462 e. The van der Waals surface area contributed by atoms with Crippen molar-refractivity contribution in [2.45, 2.75) is 230 Å². The Hall–Kier alpha value is -1.15. The van der Waals surface area contributed by atoms with Crippen LogP contribution < -0.4 is 5.73 Å². The van der Waals surface area contributed by atoms with Crippen LogP contribution in [0.2, 0.25) is 0 Å². The number of carbonyl (C=O) groups is 2. The lowest BCUT2D eigenvalue weighted by Gasteiger charge is -2.43. The molecule has 7 N–H and O–H groups in total. The van der Waals surface area contributed by atoms with Gasteiger partial charge in [0, 0.05) is 25.3 Å². The molecule has 1 fully saturated rings. The number of unbranched alkanes of at least 4 members (excludes halogenated alkanes) is 24. The van der Waals surface area contributed by atoms with Crippen LogP contribution in [0.3, 0.4) is 0 Å². The second-order valence-electron chi connectivity index (χ2n) is 16.0. The number of phosphoric acid groups is 1. The summed E-state index contributed by atoms with van der Waals surface area (Å²) in [4.78, 5) is 35.8. The zero-order chi connectivity index (χ0) is 41.4. The second kappa shape index (κ2) is 33.7. The molecule has 14 heteroatoms. The van der Waals surface area contributed by atoms with Gasteiger partial charge < -0.3 is 40.5 Å². The van der Waals surface area contributed by atoms with Crippen molar-refractivity contribution in [1.29, 1.82) is 0 Å². The summed E-state index contributed by atoms with van der Waals surface area (Å²) in [7, 11) is -5.04. The Bertz CT molecular complexity index is 1020. The monoisotopic (exact) mass is 824 g/mol. The summed E-state index contributed by atoms with van der Waals surface area (Å²) in [6.07, 6.45) is 20.7. The summed E-state index contributed by atoms with van der Waals surface area (Å²) in [5.74, 6) is -2.20. The van der Waals surface area contributed by atoms with E-state index in [2.05, 4.69) is 13.8 Å². The molecule has 0 spiro atoms. The quantitative estimate of drug-likeness (QED) is 0.0200. The molecule has 56 heavy (non-hydrogen) atoms. The molecular formula is C42H82NO12P. The third-order valence-electron chi connectivity index (χ3n) is 10.9. The molecule has 0 radical (unpaired) electrons. The number of esters is 2. The highest BCUT2D eigenvalue weighted by molar-refractivity contribution is 7.47. The molecule has 13 nitrogen and oxygen atoms in total.